The van der Waals surface area contributed by atoms with Crippen molar-refractivity contribution in [2.45, 2.75) is 0 Å². The third-order valence-electron chi connectivity index (χ3n) is 3.36. The van der Waals surface area contributed by atoms with Crippen LogP contribution in [0, 0.1) is 0 Å². The molecule has 0 spiro atoms. The van der Waals surface area contributed by atoms with E-state index in [0.29, 0.717) is 16.8 Å². The number of ether oxygens (including phenoxy) is 1. The molecule has 23 heavy (non-hydrogen) atoms. The molecular formula is C17H15NO5. The lowest BCUT2D eigenvalue weighted by atomic mass is 10.1. The van der Waals surface area contributed by atoms with Gasteiger partial charge in [0.2, 0.25) is 0 Å². The number of hydrogen-bond donors (Lipinski definition) is 1. The summed E-state index contributed by atoms with van der Waals surface area (Å²) in [7, 11) is 2.88. The van der Waals surface area contributed by atoms with Crippen molar-refractivity contribution in [1.82, 2.24) is 0 Å². The number of amides is 1. The van der Waals surface area contributed by atoms with Gasteiger partial charge in [0.05, 0.1) is 18.2 Å². The van der Waals surface area contributed by atoms with E-state index >= 15 is 0 Å². The fourth-order valence-electron chi connectivity index (χ4n) is 2.01. The number of carboxylic acid groups (broad SMARTS) is 1. The van der Waals surface area contributed by atoms with Gasteiger partial charge in [-0.2, -0.15) is 0 Å². The summed E-state index contributed by atoms with van der Waals surface area (Å²) >= 11 is 0. The molecule has 6 nitrogen and oxygen atoms in total. The number of methoxy groups -OCH3 is 1. The van der Waals surface area contributed by atoms with Crippen LogP contribution in [0.1, 0.15) is 31.1 Å². The SMILES string of the molecule is COC(=O)c1ccc(C(=O)N(C)c2ccc(C(=O)O)cc2)cc1. The summed E-state index contributed by atoms with van der Waals surface area (Å²) < 4.78 is 4.60. The number of carboxylic acids is 1. The number of benzene rings is 2. The van der Waals surface area contributed by atoms with E-state index < -0.39 is 11.9 Å². The number of anilines is 1. The van der Waals surface area contributed by atoms with E-state index in [0.717, 1.165) is 0 Å². The van der Waals surface area contributed by atoms with E-state index in [1.54, 1.807) is 19.2 Å². The van der Waals surface area contributed by atoms with Crippen molar-refractivity contribution < 1.29 is 24.2 Å². The van der Waals surface area contributed by atoms with E-state index in [-0.39, 0.29) is 11.5 Å². The van der Waals surface area contributed by atoms with Gasteiger partial charge < -0.3 is 14.7 Å². The van der Waals surface area contributed by atoms with Gasteiger partial charge in [0.15, 0.2) is 0 Å². The molecule has 6 heteroatoms. The Morgan fingerprint density at radius 2 is 1.35 bits per heavy atom. The fourth-order valence-corrected chi connectivity index (χ4v) is 2.01. The molecule has 0 aliphatic heterocycles. The van der Waals surface area contributed by atoms with Crippen LogP contribution in [0.3, 0.4) is 0 Å². The molecule has 118 valence electrons. The van der Waals surface area contributed by atoms with Crippen molar-refractivity contribution in [3.63, 3.8) is 0 Å². The Kier molecular flexibility index (Phi) is 4.75. The second-order valence-electron chi connectivity index (χ2n) is 4.79. The predicted octanol–water partition coefficient (Wildman–Crippen LogP) is 2.45. The highest BCUT2D eigenvalue weighted by molar-refractivity contribution is 6.06. The third-order valence-corrected chi connectivity index (χ3v) is 3.36. The highest BCUT2D eigenvalue weighted by Crippen LogP contribution is 2.17. The summed E-state index contributed by atoms with van der Waals surface area (Å²) in [5.74, 6) is -1.77. The Morgan fingerprint density at radius 1 is 0.870 bits per heavy atom. The predicted molar refractivity (Wildman–Crippen MR) is 83.9 cm³/mol. The van der Waals surface area contributed by atoms with E-state index in [1.165, 1.54) is 48.4 Å². The Bertz CT molecular complexity index is 735. The fraction of sp³-hybridized carbons (Fsp3) is 0.118. The second-order valence-corrected chi connectivity index (χ2v) is 4.79. The monoisotopic (exact) mass is 313 g/mol. The van der Waals surface area contributed by atoms with Gasteiger partial charge in [-0.1, -0.05) is 0 Å². The molecule has 0 radical (unpaired) electrons. The molecule has 2 aromatic carbocycles. The number of hydrogen-bond acceptors (Lipinski definition) is 4. The standard InChI is InChI=1S/C17H15NO5/c1-18(14-9-7-12(8-10-14)16(20)21)15(19)11-3-5-13(6-4-11)17(22)23-2/h3-10H,1-2H3,(H,20,21). The highest BCUT2D eigenvalue weighted by Gasteiger charge is 2.15. The minimum Gasteiger partial charge on any atom is -0.478 e. The Balaban J connectivity index is 2.18. The first-order chi connectivity index (χ1) is 10.9. The van der Waals surface area contributed by atoms with Gasteiger partial charge in [0.25, 0.3) is 5.91 Å². The summed E-state index contributed by atoms with van der Waals surface area (Å²) in [4.78, 5) is 36.0. The van der Waals surface area contributed by atoms with Gasteiger partial charge in [0, 0.05) is 18.3 Å². The topological polar surface area (TPSA) is 83.9 Å². The maximum atomic E-state index is 12.4. The number of esters is 1. The molecule has 0 unspecified atom stereocenters. The van der Waals surface area contributed by atoms with Crippen molar-refractivity contribution in [3.8, 4) is 0 Å². The number of carbonyl (C=O) groups excluding carboxylic acids is 2. The van der Waals surface area contributed by atoms with E-state index in [2.05, 4.69) is 4.74 Å². The number of rotatable bonds is 4. The molecule has 0 aromatic heterocycles. The first-order valence-corrected chi connectivity index (χ1v) is 6.74. The number of carbonyl (C=O) groups is 3. The molecule has 0 aliphatic rings. The Labute approximate surface area is 132 Å². The molecule has 0 bridgehead atoms. The molecule has 0 heterocycles. The van der Waals surface area contributed by atoms with Gasteiger partial charge in [-0.15, -0.1) is 0 Å². The van der Waals surface area contributed by atoms with Crippen molar-refractivity contribution in [2.75, 3.05) is 19.1 Å². The van der Waals surface area contributed by atoms with Crippen LogP contribution in [0.4, 0.5) is 5.69 Å². The first-order valence-electron chi connectivity index (χ1n) is 6.74. The molecular weight excluding hydrogens is 298 g/mol. The minimum atomic E-state index is -1.02. The number of aromatic carboxylic acids is 1. The van der Waals surface area contributed by atoms with Crippen molar-refractivity contribution in [3.05, 3.63) is 65.2 Å². The largest absolute Gasteiger partial charge is 0.478 e. The minimum absolute atomic E-state index is 0.150. The molecule has 0 saturated heterocycles. The summed E-state index contributed by atoms with van der Waals surface area (Å²) in [6.45, 7) is 0. The van der Waals surface area contributed by atoms with E-state index in [1.807, 2.05) is 0 Å². The van der Waals surface area contributed by atoms with Crippen molar-refractivity contribution >= 4 is 23.5 Å². The zero-order valence-electron chi connectivity index (χ0n) is 12.6. The molecule has 2 aromatic rings. The van der Waals surface area contributed by atoms with Crippen LogP contribution in [0.15, 0.2) is 48.5 Å². The van der Waals surface area contributed by atoms with Gasteiger partial charge in [-0.05, 0) is 48.5 Å². The molecule has 0 atom stereocenters. The van der Waals surface area contributed by atoms with Crippen molar-refractivity contribution in [2.24, 2.45) is 0 Å². The molecule has 1 N–H and O–H groups in total. The Morgan fingerprint density at radius 3 is 1.83 bits per heavy atom. The van der Waals surface area contributed by atoms with E-state index in [9.17, 15) is 14.4 Å². The molecule has 2 rings (SSSR count). The zero-order valence-corrected chi connectivity index (χ0v) is 12.6. The highest BCUT2D eigenvalue weighted by atomic mass is 16.5. The average molecular weight is 313 g/mol. The number of nitrogens with zero attached hydrogens (tertiary/aromatic N) is 1. The van der Waals surface area contributed by atoms with Gasteiger partial charge in [0.1, 0.15) is 0 Å². The summed E-state index contributed by atoms with van der Waals surface area (Å²) in [6.07, 6.45) is 0. The van der Waals surface area contributed by atoms with Crippen LogP contribution >= 0.6 is 0 Å². The van der Waals surface area contributed by atoms with Gasteiger partial charge in [-0.3, -0.25) is 4.79 Å². The second kappa shape index (κ2) is 6.74. The lowest BCUT2D eigenvalue weighted by molar-refractivity contribution is 0.0599. The van der Waals surface area contributed by atoms with Gasteiger partial charge >= 0.3 is 11.9 Å². The molecule has 0 saturated carbocycles. The maximum Gasteiger partial charge on any atom is 0.337 e. The summed E-state index contributed by atoms with van der Waals surface area (Å²) in [6, 6.07) is 12.1. The lowest BCUT2D eigenvalue weighted by Crippen LogP contribution is -2.26. The zero-order chi connectivity index (χ0) is 17.0. The molecule has 0 aliphatic carbocycles. The summed E-state index contributed by atoms with van der Waals surface area (Å²) in [5.41, 5.74) is 1.48. The van der Waals surface area contributed by atoms with Crippen LogP contribution in [-0.4, -0.2) is 37.1 Å². The van der Waals surface area contributed by atoms with Crippen LogP contribution < -0.4 is 4.90 Å². The lowest BCUT2D eigenvalue weighted by Gasteiger charge is -2.17. The molecule has 0 fully saturated rings. The Hall–Kier alpha value is -3.15. The first kappa shape index (κ1) is 16.2. The normalized spacial score (nSPS) is 10.0. The van der Waals surface area contributed by atoms with Gasteiger partial charge in [-0.25, -0.2) is 9.59 Å². The smallest absolute Gasteiger partial charge is 0.337 e. The van der Waals surface area contributed by atoms with Crippen LogP contribution in [-0.2, 0) is 4.74 Å². The summed E-state index contributed by atoms with van der Waals surface area (Å²) in [5, 5.41) is 8.87. The van der Waals surface area contributed by atoms with E-state index in [4.69, 9.17) is 5.11 Å². The van der Waals surface area contributed by atoms with Crippen molar-refractivity contribution in [1.29, 1.82) is 0 Å². The van der Waals surface area contributed by atoms with Crippen LogP contribution in [0.2, 0.25) is 0 Å². The quantitative estimate of drug-likeness (QED) is 0.877. The van der Waals surface area contributed by atoms with Crippen LogP contribution in [0.5, 0.6) is 0 Å². The average Bonchev–Trinajstić information content (AvgIpc) is 2.60. The van der Waals surface area contributed by atoms with Crippen LogP contribution in [0.25, 0.3) is 0 Å². The molecule has 1 amide bonds. The third kappa shape index (κ3) is 3.55. The maximum absolute atomic E-state index is 12.4.